The molecule has 1 aliphatic carbocycles. The third kappa shape index (κ3) is 5.05. The van der Waals surface area contributed by atoms with Gasteiger partial charge in [0.25, 0.3) is 11.8 Å². The van der Waals surface area contributed by atoms with Crippen LogP contribution in [0.15, 0.2) is 60.7 Å². The van der Waals surface area contributed by atoms with Crippen molar-refractivity contribution in [3.8, 4) is 11.4 Å². The standard InChI is InChI=1S/C30H28ClN5O3/c1-18-5-2-3-6-21(18)26-34-25-16-20(8-9-22(25)27(35-26)36-13-4-14-36)33-28(37)23-15-19(7-10-24(23)31)17-32-29(38)30(39)11-12-30/h2-3,5-10,15-16,39H,4,11-14,17H2,1H3,(H,32,38)(H,33,37). The van der Waals surface area contributed by atoms with Crippen molar-refractivity contribution >= 4 is 45.8 Å². The van der Waals surface area contributed by atoms with E-state index >= 15 is 0 Å². The van der Waals surface area contributed by atoms with Crippen molar-refractivity contribution in [3.05, 3.63) is 82.4 Å². The number of aryl methyl sites for hydroxylation is 1. The molecule has 198 valence electrons. The van der Waals surface area contributed by atoms with E-state index < -0.39 is 11.5 Å². The van der Waals surface area contributed by atoms with Gasteiger partial charge in [0.05, 0.1) is 16.1 Å². The molecule has 2 amide bonds. The molecule has 4 aromatic rings. The Balaban J connectivity index is 1.27. The molecule has 0 unspecified atom stereocenters. The fourth-order valence-electron chi connectivity index (χ4n) is 4.65. The fraction of sp³-hybridized carbons (Fsp3) is 0.267. The number of fused-ring (bicyclic) bond motifs is 1. The predicted octanol–water partition coefficient (Wildman–Crippen LogP) is 4.86. The number of aliphatic hydroxyl groups is 1. The fourth-order valence-corrected chi connectivity index (χ4v) is 4.85. The summed E-state index contributed by atoms with van der Waals surface area (Å²) in [5.41, 5.74) is 3.13. The van der Waals surface area contributed by atoms with E-state index in [1.807, 2.05) is 49.4 Å². The number of hydrogen-bond donors (Lipinski definition) is 3. The second-order valence-corrected chi connectivity index (χ2v) is 10.6. The zero-order chi connectivity index (χ0) is 27.1. The molecule has 0 spiro atoms. The summed E-state index contributed by atoms with van der Waals surface area (Å²) in [5, 5.41) is 16.8. The topological polar surface area (TPSA) is 107 Å². The third-order valence-electron chi connectivity index (χ3n) is 7.35. The minimum absolute atomic E-state index is 0.187. The number of nitrogens with zero attached hydrogens (tertiary/aromatic N) is 3. The van der Waals surface area contributed by atoms with Crippen LogP contribution in [0.2, 0.25) is 5.02 Å². The summed E-state index contributed by atoms with van der Waals surface area (Å²) in [5.74, 6) is 0.782. The number of aromatic nitrogens is 2. The highest BCUT2D eigenvalue weighted by molar-refractivity contribution is 6.34. The molecule has 1 saturated carbocycles. The zero-order valence-corrected chi connectivity index (χ0v) is 22.3. The van der Waals surface area contributed by atoms with E-state index in [0.29, 0.717) is 40.5 Å². The summed E-state index contributed by atoms with van der Waals surface area (Å²) in [6.45, 7) is 4.13. The molecule has 0 radical (unpaired) electrons. The molecule has 1 aliphatic heterocycles. The van der Waals surface area contributed by atoms with Gasteiger partial charge in [-0.3, -0.25) is 9.59 Å². The SMILES string of the molecule is Cc1ccccc1-c1nc(N2CCC2)c2ccc(NC(=O)c3cc(CNC(=O)C4(O)CC4)ccc3Cl)cc2n1. The first kappa shape index (κ1) is 25.3. The van der Waals surface area contributed by atoms with E-state index in [0.717, 1.165) is 47.4 Å². The second kappa shape index (κ2) is 9.94. The minimum atomic E-state index is -1.25. The number of halogens is 1. The molecule has 6 rings (SSSR count). The van der Waals surface area contributed by atoms with E-state index in [-0.39, 0.29) is 12.5 Å². The molecule has 0 bridgehead atoms. The van der Waals surface area contributed by atoms with Gasteiger partial charge in [0.1, 0.15) is 11.4 Å². The molecule has 8 nitrogen and oxygen atoms in total. The largest absolute Gasteiger partial charge is 0.380 e. The lowest BCUT2D eigenvalue weighted by Crippen LogP contribution is -2.37. The van der Waals surface area contributed by atoms with Gasteiger partial charge >= 0.3 is 0 Å². The van der Waals surface area contributed by atoms with Crippen molar-refractivity contribution in [2.75, 3.05) is 23.3 Å². The van der Waals surface area contributed by atoms with Crippen LogP contribution in [-0.2, 0) is 11.3 Å². The highest BCUT2D eigenvalue weighted by Gasteiger charge is 2.47. The lowest BCUT2D eigenvalue weighted by atomic mass is 10.1. The van der Waals surface area contributed by atoms with Crippen molar-refractivity contribution in [1.29, 1.82) is 0 Å². The van der Waals surface area contributed by atoms with Crippen LogP contribution in [-0.4, -0.2) is 45.6 Å². The summed E-state index contributed by atoms with van der Waals surface area (Å²) >= 11 is 6.36. The summed E-state index contributed by atoms with van der Waals surface area (Å²) in [6.07, 6.45) is 2.06. The average molecular weight is 542 g/mol. The van der Waals surface area contributed by atoms with E-state index in [2.05, 4.69) is 15.5 Å². The summed E-state index contributed by atoms with van der Waals surface area (Å²) in [6, 6.07) is 18.7. The molecular formula is C30H28ClN5O3. The molecule has 1 aromatic heterocycles. The van der Waals surface area contributed by atoms with Crippen LogP contribution in [0.1, 0.15) is 40.7 Å². The highest BCUT2D eigenvalue weighted by Crippen LogP contribution is 2.35. The van der Waals surface area contributed by atoms with Gasteiger partial charge in [0, 0.05) is 36.3 Å². The van der Waals surface area contributed by atoms with E-state index in [1.54, 1.807) is 18.2 Å². The van der Waals surface area contributed by atoms with Gasteiger partial charge in [-0.1, -0.05) is 41.9 Å². The quantitative estimate of drug-likeness (QED) is 0.308. The summed E-state index contributed by atoms with van der Waals surface area (Å²) in [4.78, 5) is 37.3. The molecule has 1 saturated heterocycles. The predicted molar refractivity (Wildman–Crippen MR) is 152 cm³/mol. The second-order valence-electron chi connectivity index (χ2n) is 10.2. The van der Waals surface area contributed by atoms with Crippen molar-refractivity contribution in [2.24, 2.45) is 0 Å². The summed E-state index contributed by atoms with van der Waals surface area (Å²) in [7, 11) is 0. The Morgan fingerprint density at radius 3 is 2.56 bits per heavy atom. The molecule has 3 N–H and O–H groups in total. The molecule has 9 heteroatoms. The van der Waals surface area contributed by atoms with Gasteiger partial charge < -0.3 is 20.6 Å². The number of amides is 2. The molecule has 39 heavy (non-hydrogen) atoms. The van der Waals surface area contributed by atoms with Crippen LogP contribution in [0, 0.1) is 6.92 Å². The van der Waals surface area contributed by atoms with Gasteiger partial charge in [-0.2, -0.15) is 0 Å². The Labute approximate surface area is 231 Å². The molecule has 2 fully saturated rings. The van der Waals surface area contributed by atoms with Gasteiger partial charge in [0.15, 0.2) is 5.82 Å². The van der Waals surface area contributed by atoms with Crippen molar-refractivity contribution in [2.45, 2.75) is 38.3 Å². The first-order valence-electron chi connectivity index (χ1n) is 13.0. The molecule has 2 aliphatic rings. The average Bonchev–Trinajstić information content (AvgIpc) is 3.65. The zero-order valence-electron chi connectivity index (χ0n) is 21.5. The van der Waals surface area contributed by atoms with E-state index in [4.69, 9.17) is 21.6 Å². The number of carbonyl (C=O) groups excluding carboxylic acids is 2. The maximum atomic E-state index is 13.2. The number of benzene rings is 3. The van der Waals surface area contributed by atoms with Gasteiger partial charge in [0.2, 0.25) is 0 Å². The molecular weight excluding hydrogens is 514 g/mol. The molecule has 0 atom stereocenters. The van der Waals surface area contributed by atoms with Crippen molar-refractivity contribution in [1.82, 2.24) is 15.3 Å². The van der Waals surface area contributed by atoms with Crippen molar-refractivity contribution < 1.29 is 14.7 Å². The number of anilines is 2. The van der Waals surface area contributed by atoms with Crippen LogP contribution in [0.5, 0.6) is 0 Å². The van der Waals surface area contributed by atoms with Crippen LogP contribution >= 0.6 is 11.6 Å². The Morgan fingerprint density at radius 1 is 1.05 bits per heavy atom. The van der Waals surface area contributed by atoms with Crippen LogP contribution < -0.4 is 15.5 Å². The maximum absolute atomic E-state index is 13.2. The monoisotopic (exact) mass is 541 g/mol. The Hall–Kier alpha value is -4.01. The number of hydrogen-bond acceptors (Lipinski definition) is 6. The van der Waals surface area contributed by atoms with Crippen LogP contribution in [0.3, 0.4) is 0 Å². The van der Waals surface area contributed by atoms with Crippen LogP contribution in [0.25, 0.3) is 22.3 Å². The third-order valence-corrected chi connectivity index (χ3v) is 7.68. The van der Waals surface area contributed by atoms with Gasteiger partial charge in [-0.25, -0.2) is 9.97 Å². The smallest absolute Gasteiger partial charge is 0.257 e. The lowest BCUT2D eigenvalue weighted by molar-refractivity contribution is -0.131. The van der Waals surface area contributed by atoms with Crippen molar-refractivity contribution in [3.63, 3.8) is 0 Å². The maximum Gasteiger partial charge on any atom is 0.257 e. The normalized spacial score (nSPS) is 15.5. The van der Waals surface area contributed by atoms with Gasteiger partial charge in [-0.15, -0.1) is 0 Å². The van der Waals surface area contributed by atoms with E-state index in [9.17, 15) is 14.7 Å². The van der Waals surface area contributed by atoms with Gasteiger partial charge in [-0.05, 0) is 67.6 Å². The summed E-state index contributed by atoms with van der Waals surface area (Å²) < 4.78 is 0. The first-order chi connectivity index (χ1) is 18.8. The highest BCUT2D eigenvalue weighted by atomic mass is 35.5. The van der Waals surface area contributed by atoms with E-state index in [1.165, 1.54) is 0 Å². The Kier molecular flexibility index (Phi) is 6.45. The number of carbonyl (C=O) groups is 2. The lowest BCUT2D eigenvalue weighted by Gasteiger charge is -2.33. The number of nitrogens with one attached hydrogen (secondary N) is 2. The van der Waals surface area contributed by atoms with Crippen LogP contribution in [0.4, 0.5) is 11.5 Å². The first-order valence-corrected chi connectivity index (χ1v) is 13.4. The number of rotatable bonds is 7. The minimum Gasteiger partial charge on any atom is -0.380 e. The molecule has 3 aromatic carbocycles. The Morgan fingerprint density at radius 2 is 1.85 bits per heavy atom. The molecule has 2 heterocycles. The Bertz CT molecular complexity index is 1610.